The van der Waals surface area contributed by atoms with Crippen molar-refractivity contribution in [2.75, 3.05) is 24.1 Å². The predicted molar refractivity (Wildman–Crippen MR) is 127 cm³/mol. The van der Waals surface area contributed by atoms with Gasteiger partial charge in [0.15, 0.2) is 0 Å². The molecular formula is C22H35N3O8S. The Labute approximate surface area is 200 Å². The summed E-state index contributed by atoms with van der Waals surface area (Å²) in [6, 6.07) is 4.15. The van der Waals surface area contributed by atoms with Crippen LogP contribution in [-0.2, 0) is 26.0 Å². The highest BCUT2D eigenvalue weighted by molar-refractivity contribution is 7.92. The summed E-state index contributed by atoms with van der Waals surface area (Å²) >= 11 is 0. The number of sulfonamides is 1. The number of carbonyl (C=O) groups is 3. The minimum Gasteiger partial charge on any atom is -0.478 e. The Kier molecular flexibility index (Phi) is 9.73. The van der Waals surface area contributed by atoms with Crippen LogP contribution in [0.4, 0.5) is 15.3 Å². The Balaban J connectivity index is 2.99. The topological polar surface area (TPSA) is 151 Å². The molecule has 2 amide bonds. The normalized spacial score (nSPS) is 12.0. The molecule has 0 unspecified atom stereocenters. The molecule has 0 aliphatic heterocycles. The van der Waals surface area contributed by atoms with Crippen molar-refractivity contribution < 1.29 is 37.4 Å². The number of hydrogen-bond donors (Lipinski definition) is 3. The third-order valence-electron chi connectivity index (χ3n) is 3.91. The van der Waals surface area contributed by atoms with Gasteiger partial charge in [-0.25, -0.2) is 22.8 Å². The van der Waals surface area contributed by atoms with Crippen molar-refractivity contribution >= 4 is 33.9 Å². The molecule has 34 heavy (non-hydrogen) atoms. The summed E-state index contributed by atoms with van der Waals surface area (Å²) in [7, 11) is -3.68. The number of amides is 2. The van der Waals surface area contributed by atoms with E-state index in [-0.39, 0.29) is 30.9 Å². The lowest BCUT2D eigenvalue weighted by Crippen LogP contribution is -2.38. The fourth-order valence-electron chi connectivity index (χ4n) is 2.71. The number of benzene rings is 1. The average Bonchev–Trinajstić information content (AvgIpc) is 2.60. The van der Waals surface area contributed by atoms with Gasteiger partial charge in [0.05, 0.1) is 17.5 Å². The fourth-order valence-corrected chi connectivity index (χ4v) is 3.29. The van der Waals surface area contributed by atoms with Gasteiger partial charge in [0.1, 0.15) is 11.2 Å². The van der Waals surface area contributed by atoms with Crippen LogP contribution >= 0.6 is 0 Å². The van der Waals surface area contributed by atoms with Gasteiger partial charge in [-0.05, 0) is 65.7 Å². The number of carbonyl (C=O) groups excluding carboxylic acids is 2. The summed E-state index contributed by atoms with van der Waals surface area (Å²) in [5.41, 5.74) is -1.25. The fraction of sp³-hybridized carbons (Fsp3) is 0.591. The number of ether oxygens (including phenoxy) is 2. The van der Waals surface area contributed by atoms with Gasteiger partial charge in [-0.15, -0.1) is 0 Å². The van der Waals surface area contributed by atoms with Crippen LogP contribution in [0.3, 0.4) is 0 Å². The predicted octanol–water partition coefficient (Wildman–Crippen LogP) is 3.41. The maximum atomic E-state index is 12.7. The first-order valence-electron chi connectivity index (χ1n) is 10.6. The minimum absolute atomic E-state index is 0.0147. The van der Waals surface area contributed by atoms with Crippen molar-refractivity contribution in [3.05, 3.63) is 29.3 Å². The molecule has 0 fully saturated rings. The third-order valence-corrected chi connectivity index (χ3v) is 4.50. The monoisotopic (exact) mass is 501 g/mol. The van der Waals surface area contributed by atoms with Crippen LogP contribution in [0.2, 0.25) is 0 Å². The van der Waals surface area contributed by atoms with Crippen LogP contribution in [0.15, 0.2) is 18.2 Å². The van der Waals surface area contributed by atoms with Gasteiger partial charge in [0.25, 0.3) is 0 Å². The van der Waals surface area contributed by atoms with Gasteiger partial charge in [-0.3, -0.25) is 4.72 Å². The second-order valence-electron chi connectivity index (χ2n) is 9.74. The molecule has 0 saturated heterocycles. The number of hydrogen-bond acceptors (Lipinski definition) is 7. The maximum absolute atomic E-state index is 12.7. The summed E-state index contributed by atoms with van der Waals surface area (Å²) in [5, 5.41) is 12.1. The largest absolute Gasteiger partial charge is 0.478 e. The molecule has 1 aromatic rings. The van der Waals surface area contributed by atoms with E-state index in [1.54, 1.807) is 41.5 Å². The molecule has 1 aromatic carbocycles. The number of rotatable bonds is 9. The second-order valence-corrected chi connectivity index (χ2v) is 11.5. The van der Waals surface area contributed by atoms with Crippen LogP contribution in [0, 0.1) is 0 Å². The summed E-state index contributed by atoms with van der Waals surface area (Å²) in [6.45, 7) is 10.9. The van der Waals surface area contributed by atoms with Crippen LogP contribution in [0.1, 0.15) is 63.9 Å². The SMILES string of the molecule is CC(C)(C)OC(=O)NCCCN(Cc1ccc(NS(C)(=O)=O)c(C(=O)O)c1)C(=O)OC(C)(C)C. The first kappa shape index (κ1) is 29.0. The zero-order valence-electron chi connectivity index (χ0n) is 20.7. The van der Waals surface area contributed by atoms with Gasteiger partial charge in [-0.1, -0.05) is 6.07 Å². The Morgan fingerprint density at radius 2 is 1.62 bits per heavy atom. The van der Waals surface area contributed by atoms with Crippen molar-refractivity contribution in [1.82, 2.24) is 10.2 Å². The molecule has 1 rings (SSSR count). The van der Waals surface area contributed by atoms with Gasteiger partial charge in [0, 0.05) is 19.6 Å². The smallest absolute Gasteiger partial charge is 0.410 e. The zero-order chi connectivity index (χ0) is 26.3. The highest BCUT2D eigenvalue weighted by atomic mass is 32.2. The summed E-state index contributed by atoms with van der Waals surface area (Å²) in [4.78, 5) is 37.6. The molecule has 0 heterocycles. The number of carboxylic acid groups (broad SMARTS) is 1. The van der Waals surface area contributed by atoms with Gasteiger partial charge in [-0.2, -0.15) is 0 Å². The van der Waals surface area contributed by atoms with Crippen LogP contribution in [0.25, 0.3) is 0 Å². The zero-order valence-corrected chi connectivity index (χ0v) is 21.5. The lowest BCUT2D eigenvalue weighted by Gasteiger charge is -2.28. The lowest BCUT2D eigenvalue weighted by atomic mass is 10.1. The number of anilines is 1. The van der Waals surface area contributed by atoms with E-state index in [0.717, 1.165) is 6.26 Å². The maximum Gasteiger partial charge on any atom is 0.410 e. The highest BCUT2D eigenvalue weighted by Crippen LogP contribution is 2.21. The van der Waals surface area contributed by atoms with Gasteiger partial charge >= 0.3 is 18.2 Å². The van der Waals surface area contributed by atoms with Crippen molar-refractivity contribution in [3.8, 4) is 0 Å². The Morgan fingerprint density at radius 1 is 1.03 bits per heavy atom. The minimum atomic E-state index is -3.68. The van der Waals surface area contributed by atoms with E-state index in [1.165, 1.54) is 23.1 Å². The van der Waals surface area contributed by atoms with Crippen LogP contribution in [-0.4, -0.2) is 67.1 Å². The standard InChI is InChI=1S/C22H35N3O8S/c1-21(2,3)32-19(28)23-11-8-12-25(20(29)33-22(4,5)6)14-15-9-10-17(24-34(7,30)31)16(13-15)18(26)27/h9-10,13,24H,8,11-12,14H2,1-7H3,(H,23,28)(H,26,27). The summed E-state index contributed by atoms with van der Waals surface area (Å²) in [5.74, 6) is -1.32. The molecule has 0 aliphatic rings. The molecule has 0 aromatic heterocycles. The van der Waals surface area contributed by atoms with E-state index in [2.05, 4.69) is 10.0 Å². The highest BCUT2D eigenvalue weighted by Gasteiger charge is 2.23. The average molecular weight is 502 g/mol. The van der Waals surface area contributed by atoms with Gasteiger partial charge in [0.2, 0.25) is 10.0 Å². The van der Waals surface area contributed by atoms with E-state index >= 15 is 0 Å². The number of nitrogens with zero attached hydrogens (tertiary/aromatic N) is 1. The summed E-state index contributed by atoms with van der Waals surface area (Å²) < 4.78 is 35.8. The number of nitrogens with one attached hydrogen (secondary N) is 2. The molecule has 3 N–H and O–H groups in total. The number of alkyl carbamates (subject to hydrolysis) is 1. The molecule has 0 spiro atoms. The molecule has 0 saturated carbocycles. The van der Waals surface area contributed by atoms with E-state index in [1.807, 2.05) is 0 Å². The second kappa shape index (κ2) is 11.4. The Bertz CT molecular complexity index is 994. The number of carboxylic acids is 1. The van der Waals surface area contributed by atoms with Gasteiger partial charge < -0.3 is 24.8 Å². The van der Waals surface area contributed by atoms with Crippen molar-refractivity contribution in [2.45, 2.75) is 65.7 Å². The summed E-state index contributed by atoms with van der Waals surface area (Å²) in [6.07, 6.45) is 0.122. The molecule has 192 valence electrons. The van der Waals surface area contributed by atoms with Crippen LogP contribution in [0.5, 0.6) is 0 Å². The third kappa shape index (κ3) is 11.7. The molecular weight excluding hydrogens is 466 g/mol. The Morgan fingerprint density at radius 3 is 2.12 bits per heavy atom. The molecule has 0 aliphatic carbocycles. The van der Waals surface area contributed by atoms with Crippen molar-refractivity contribution in [1.29, 1.82) is 0 Å². The number of aromatic carboxylic acids is 1. The molecule has 0 bridgehead atoms. The lowest BCUT2D eigenvalue weighted by molar-refractivity contribution is 0.0231. The quantitative estimate of drug-likeness (QED) is 0.436. The van der Waals surface area contributed by atoms with E-state index in [0.29, 0.717) is 12.0 Å². The molecule has 12 heteroatoms. The molecule has 0 radical (unpaired) electrons. The van der Waals surface area contributed by atoms with E-state index < -0.39 is 39.4 Å². The van der Waals surface area contributed by atoms with E-state index in [4.69, 9.17) is 9.47 Å². The first-order chi connectivity index (χ1) is 15.4. The molecule has 0 atom stereocenters. The van der Waals surface area contributed by atoms with Crippen molar-refractivity contribution in [3.63, 3.8) is 0 Å². The van der Waals surface area contributed by atoms with E-state index in [9.17, 15) is 27.9 Å². The van der Waals surface area contributed by atoms with Crippen molar-refractivity contribution in [2.24, 2.45) is 0 Å². The first-order valence-corrected chi connectivity index (χ1v) is 12.5. The van der Waals surface area contributed by atoms with Crippen LogP contribution < -0.4 is 10.0 Å². The molecule has 11 nitrogen and oxygen atoms in total. The Hall–Kier alpha value is -3.02.